The number of hydrogen-bond acceptors (Lipinski definition) is 3. The Bertz CT molecular complexity index is 1010. The number of hydrogen-bond donors (Lipinski definition) is 2. The standard InChI is InChI=1S/C17H8Cl2F7N3O/c18-10-4-9(15(20,16(21,22)23)17(24,25)26)5-11(19)13(10)29-14(30)7-1-2-8(6-27)12(28)3-7/h1-5H,28H2,(H,29,30). The molecule has 0 radical (unpaired) electrons. The minimum absolute atomic E-state index is 0.0599. The molecule has 0 aromatic heterocycles. The van der Waals surface area contributed by atoms with Gasteiger partial charge in [0.25, 0.3) is 5.91 Å². The van der Waals surface area contributed by atoms with E-state index in [0.717, 1.165) is 6.07 Å². The van der Waals surface area contributed by atoms with Gasteiger partial charge in [-0.25, -0.2) is 4.39 Å². The van der Waals surface area contributed by atoms with Crippen molar-refractivity contribution in [3.05, 3.63) is 57.1 Å². The van der Waals surface area contributed by atoms with E-state index in [0.29, 0.717) is 0 Å². The Morgan fingerprint density at radius 1 is 0.967 bits per heavy atom. The smallest absolute Gasteiger partial charge is 0.398 e. The van der Waals surface area contributed by atoms with Crippen LogP contribution in [0.15, 0.2) is 30.3 Å². The Balaban J connectivity index is 2.48. The highest BCUT2D eigenvalue weighted by Gasteiger charge is 2.73. The molecule has 0 spiro atoms. The molecule has 2 rings (SSSR count). The lowest BCUT2D eigenvalue weighted by atomic mass is 9.94. The zero-order valence-electron chi connectivity index (χ0n) is 14.2. The topological polar surface area (TPSA) is 78.9 Å². The molecule has 0 bridgehead atoms. The van der Waals surface area contributed by atoms with E-state index >= 15 is 0 Å². The number of nitrogen functional groups attached to an aromatic ring is 1. The second kappa shape index (κ2) is 7.85. The Labute approximate surface area is 174 Å². The minimum Gasteiger partial charge on any atom is -0.398 e. The molecule has 30 heavy (non-hydrogen) atoms. The number of amides is 1. The Kier molecular flexibility index (Phi) is 6.16. The summed E-state index contributed by atoms with van der Waals surface area (Å²) in [6, 6.07) is 5.38. The fourth-order valence-corrected chi connectivity index (χ4v) is 2.95. The number of halogens is 9. The van der Waals surface area contributed by atoms with Gasteiger partial charge in [-0.15, -0.1) is 0 Å². The number of nitriles is 1. The van der Waals surface area contributed by atoms with Crippen LogP contribution in [0.1, 0.15) is 21.5 Å². The van der Waals surface area contributed by atoms with Gasteiger partial charge >= 0.3 is 18.0 Å². The fourth-order valence-electron chi connectivity index (χ4n) is 2.37. The summed E-state index contributed by atoms with van der Waals surface area (Å²) in [6.07, 6.45) is -12.7. The van der Waals surface area contributed by atoms with E-state index in [4.69, 9.17) is 34.2 Å². The second-order valence-corrected chi connectivity index (χ2v) is 6.65. The molecular formula is C17H8Cl2F7N3O. The zero-order chi connectivity index (χ0) is 23.1. The van der Waals surface area contributed by atoms with Crippen LogP contribution >= 0.6 is 23.2 Å². The van der Waals surface area contributed by atoms with Crippen molar-refractivity contribution in [2.75, 3.05) is 11.1 Å². The Hall–Kier alpha value is -2.71. The third kappa shape index (κ3) is 4.11. The predicted octanol–water partition coefficient (Wildman–Crippen LogP) is 5.99. The van der Waals surface area contributed by atoms with Crippen molar-refractivity contribution in [1.82, 2.24) is 0 Å². The summed E-state index contributed by atoms with van der Waals surface area (Å²) in [7, 11) is 0. The molecule has 160 valence electrons. The number of alkyl halides is 7. The van der Waals surface area contributed by atoms with Crippen LogP contribution in [0, 0.1) is 11.3 Å². The van der Waals surface area contributed by atoms with Gasteiger partial charge in [0.15, 0.2) is 0 Å². The van der Waals surface area contributed by atoms with Gasteiger partial charge in [-0.2, -0.15) is 31.6 Å². The molecule has 0 fully saturated rings. The maximum atomic E-state index is 14.2. The largest absolute Gasteiger partial charge is 0.435 e. The van der Waals surface area contributed by atoms with Crippen LogP contribution in [-0.2, 0) is 5.67 Å². The van der Waals surface area contributed by atoms with E-state index in [1.807, 2.05) is 0 Å². The Morgan fingerprint density at radius 3 is 1.87 bits per heavy atom. The maximum Gasteiger partial charge on any atom is 0.435 e. The molecule has 0 aliphatic heterocycles. The van der Waals surface area contributed by atoms with Crippen LogP contribution in [0.5, 0.6) is 0 Å². The normalized spacial score (nSPS) is 12.4. The second-order valence-electron chi connectivity index (χ2n) is 5.84. The maximum absolute atomic E-state index is 14.2. The van der Waals surface area contributed by atoms with E-state index in [1.165, 1.54) is 12.1 Å². The average Bonchev–Trinajstić information content (AvgIpc) is 2.61. The van der Waals surface area contributed by atoms with Crippen LogP contribution in [0.4, 0.5) is 42.1 Å². The SMILES string of the molecule is N#Cc1ccc(C(=O)Nc2c(Cl)cc(C(F)(C(F)(F)F)C(F)(F)F)cc2Cl)cc1N. The van der Waals surface area contributed by atoms with Crippen LogP contribution < -0.4 is 11.1 Å². The first-order valence-electron chi connectivity index (χ1n) is 7.56. The first-order valence-corrected chi connectivity index (χ1v) is 8.32. The fraction of sp³-hybridized carbons (Fsp3) is 0.176. The van der Waals surface area contributed by atoms with Crippen molar-refractivity contribution in [1.29, 1.82) is 5.26 Å². The minimum atomic E-state index is -6.36. The molecule has 0 atom stereocenters. The number of nitrogens with one attached hydrogen (secondary N) is 1. The van der Waals surface area contributed by atoms with Gasteiger partial charge in [0.2, 0.25) is 0 Å². The number of carbonyl (C=O) groups excluding carboxylic acids is 1. The van der Waals surface area contributed by atoms with Crippen molar-refractivity contribution in [2.45, 2.75) is 18.0 Å². The average molecular weight is 474 g/mol. The highest BCUT2D eigenvalue weighted by Crippen LogP contribution is 2.54. The number of benzene rings is 2. The first kappa shape index (κ1) is 23.6. The summed E-state index contributed by atoms with van der Waals surface area (Å²) in [5.41, 5.74) is -2.75. The molecule has 0 saturated heterocycles. The number of nitrogens with zero attached hydrogens (tertiary/aromatic N) is 1. The van der Waals surface area contributed by atoms with Gasteiger partial charge < -0.3 is 11.1 Å². The summed E-state index contributed by atoms with van der Waals surface area (Å²) in [6.45, 7) is 0. The zero-order valence-corrected chi connectivity index (χ0v) is 15.7. The molecule has 0 heterocycles. The molecule has 0 aliphatic carbocycles. The van der Waals surface area contributed by atoms with Crippen molar-refractivity contribution in [3.63, 3.8) is 0 Å². The number of carbonyl (C=O) groups is 1. The van der Waals surface area contributed by atoms with Gasteiger partial charge in [-0.3, -0.25) is 4.79 Å². The van der Waals surface area contributed by atoms with Crippen LogP contribution in [0.3, 0.4) is 0 Å². The van der Waals surface area contributed by atoms with E-state index in [1.54, 1.807) is 6.07 Å². The highest BCUT2D eigenvalue weighted by molar-refractivity contribution is 6.40. The molecule has 4 nitrogen and oxygen atoms in total. The molecule has 0 aliphatic rings. The van der Waals surface area contributed by atoms with Gasteiger partial charge in [0.1, 0.15) is 6.07 Å². The molecule has 2 aromatic rings. The van der Waals surface area contributed by atoms with Gasteiger partial charge in [0, 0.05) is 11.1 Å². The summed E-state index contributed by atoms with van der Waals surface area (Å²) in [5.74, 6) is -0.944. The first-order chi connectivity index (χ1) is 13.6. The molecule has 3 N–H and O–H groups in total. The third-order valence-corrected chi connectivity index (χ3v) is 4.49. The van der Waals surface area contributed by atoms with Crippen molar-refractivity contribution >= 4 is 40.5 Å². The quantitative estimate of drug-likeness (QED) is 0.424. The van der Waals surface area contributed by atoms with Crippen molar-refractivity contribution < 1.29 is 35.5 Å². The summed E-state index contributed by atoms with van der Waals surface area (Å²) >= 11 is 11.4. The number of rotatable bonds is 3. The van der Waals surface area contributed by atoms with Crippen molar-refractivity contribution in [2.24, 2.45) is 0 Å². The van der Waals surface area contributed by atoms with E-state index < -0.39 is 45.2 Å². The summed E-state index contributed by atoms with van der Waals surface area (Å²) < 4.78 is 91.6. The molecular weight excluding hydrogens is 466 g/mol. The number of anilines is 2. The van der Waals surface area contributed by atoms with E-state index in [-0.39, 0.29) is 28.9 Å². The van der Waals surface area contributed by atoms with Gasteiger partial charge in [-0.05, 0) is 30.3 Å². The molecule has 2 aromatic carbocycles. The van der Waals surface area contributed by atoms with Crippen LogP contribution in [0.25, 0.3) is 0 Å². The van der Waals surface area contributed by atoms with E-state index in [2.05, 4.69) is 5.32 Å². The lowest BCUT2D eigenvalue weighted by Gasteiger charge is -2.30. The van der Waals surface area contributed by atoms with Gasteiger partial charge in [-0.1, -0.05) is 23.2 Å². The van der Waals surface area contributed by atoms with Crippen LogP contribution in [0.2, 0.25) is 10.0 Å². The predicted molar refractivity (Wildman–Crippen MR) is 94.9 cm³/mol. The molecule has 1 amide bonds. The van der Waals surface area contributed by atoms with E-state index in [9.17, 15) is 35.5 Å². The monoisotopic (exact) mass is 473 g/mol. The summed E-state index contributed by atoms with van der Waals surface area (Å²) in [5, 5.41) is 9.15. The number of nitrogens with two attached hydrogens (primary N) is 1. The van der Waals surface area contributed by atoms with Gasteiger partial charge in [0.05, 0.1) is 27.0 Å². The molecule has 13 heteroatoms. The van der Waals surface area contributed by atoms with Crippen molar-refractivity contribution in [3.8, 4) is 6.07 Å². The Morgan fingerprint density at radius 2 is 1.47 bits per heavy atom. The third-order valence-electron chi connectivity index (χ3n) is 3.89. The lowest BCUT2D eigenvalue weighted by molar-refractivity contribution is -0.348. The summed E-state index contributed by atoms with van der Waals surface area (Å²) in [4.78, 5) is 12.3. The molecule has 0 unspecified atom stereocenters. The highest BCUT2D eigenvalue weighted by atomic mass is 35.5. The lowest BCUT2D eigenvalue weighted by Crippen LogP contribution is -2.50. The molecule has 0 saturated carbocycles. The van der Waals surface area contributed by atoms with Crippen LogP contribution in [-0.4, -0.2) is 18.3 Å².